The highest BCUT2D eigenvalue weighted by molar-refractivity contribution is 7.07. The topological polar surface area (TPSA) is 115 Å². The third-order valence-electron chi connectivity index (χ3n) is 6.77. The van der Waals surface area contributed by atoms with E-state index in [1.165, 1.54) is 29.9 Å². The van der Waals surface area contributed by atoms with E-state index in [4.69, 9.17) is 23.7 Å². The van der Waals surface area contributed by atoms with Crippen molar-refractivity contribution in [2.75, 3.05) is 27.4 Å². The molecule has 228 valence electrons. The third-order valence-corrected chi connectivity index (χ3v) is 7.75. The molecule has 11 heteroatoms. The fourth-order valence-electron chi connectivity index (χ4n) is 4.78. The van der Waals surface area contributed by atoms with Gasteiger partial charge in [0, 0.05) is 6.92 Å². The zero-order valence-corrected chi connectivity index (χ0v) is 26.0. The minimum atomic E-state index is -0.855. The van der Waals surface area contributed by atoms with Crippen molar-refractivity contribution in [1.82, 2.24) is 4.57 Å². The predicted molar refractivity (Wildman–Crippen MR) is 163 cm³/mol. The Morgan fingerprint density at radius 2 is 1.72 bits per heavy atom. The van der Waals surface area contributed by atoms with Crippen LogP contribution in [0.4, 0.5) is 0 Å². The summed E-state index contributed by atoms with van der Waals surface area (Å²) in [5.41, 5.74) is 1.64. The lowest BCUT2D eigenvalue weighted by molar-refractivity contribution is -0.139. The Bertz CT molecular complexity index is 1720. The number of aromatic nitrogens is 1. The maximum Gasteiger partial charge on any atom is 0.338 e. The van der Waals surface area contributed by atoms with Crippen molar-refractivity contribution in [1.29, 1.82) is 0 Å². The second-order valence-corrected chi connectivity index (χ2v) is 10.8. The molecule has 2 aromatic carbocycles. The van der Waals surface area contributed by atoms with Crippen LogP contribution in [0, 0.1) is 0 Å². The van der Waals surface area contributed by atoms with Gasteiger partial charge in [0.1, 0.15) is 0 Å². The number of carbonyl (C=O) groups excluding carboxylic acids is 2. The summed E-state index contributed by atoms with van der Waals surface area (Å²) in [5, 5.41) is 0. The minimum absolute atomic E-state index is 0.154. The van der Waals surface area contributed by atoms with Gasteiger partial charge in [-0.25, -0.2) is 9.79 Å². The van der Waals surface area contributed by atoms with Crippen molar-refractivity contribution in [3.63, 3.8) is 0 Å². The van der Waals surface area contributed by atoms with Gasteiger partial charge in [0.15, 0.2) is 27.8 Å². The molecule has 1 aliphatic heterocycles. The van der Waals surface area contributed by atoms with E-state index in [0.29, 0.717) is 38.7 Å². The molecule has 0 spiro atoms. The summed E-state index contributed by atoms with van der Waals surface area (Å²) in [5.74, 6) is 0.613. The number of rotatable bonds is 12. The summed E-state index contributed by atoms with van der Waals surface area (Å²) < 4.78 is 29.5. The lowest BCUT2D eigenvalue weighted by Crippen LogP contribution is -2.40. The third kappa shape index (κ3) is 6.99. The summed E-state index contributed by atoms with van der Waals surface area (Å²) in [6.45, 7) is 7.60. The molecule has 0 amide bonds. The summed E-state index contributed by atoms with van der Waals surface area (Å²) >= 11 is 1.21. The molecule has 0 bridgehead atoms. The monoisotopic (exact) mass is 608 g/mol. The number of carbonyl (C=O) groups is 2. The Kier molecular flexibility index (Phi) is 10.4. The molecule has 0 saturated heterocycles. The molecule has 1 atom stereocenters. The summed E-state index contributed by atoms with van der Waals surface area (Å²) in [7, 11) is 3.02. The van der Waals surface area contributed by atoms with Crippen LogP contribution >= 0.6 is 11.3 Å². The molecule has 0 radical (unpaired) electrons. The molecule has 1 aliphatic rings. The van der Waals surface area contributed by atoms with Crippen LogP contribution in [0.1, 0.15) is 64.1 Å². The number of hydrogen-bond acceptors (Lipinski definition) is 10. The van der Waals surface area contributed by atoms with Gasteiger partial charge in [-0.3, -0.25) is 14.2 Å². The largest absolute Gasteiger partial charge is 0.493 e. The highest BCUT2D eigenvalue weighted by Gasteiger charge is 2.34. The number of thiazole rings is 1. The summed E-state index contributed by atoms with van der Waals surface area (Å²) in [6, 6.07) is 9.55. The second kappa shape index (κ2) is 14.2. The average Bonchev–Trinajstić information content (AvgIpc) is 3.28. The predicted octanol–water partition coefficient (Wildman–Crippen LogP) is 4.31. The number of methoxy groups -OCH3 is 2. The zero-order chi connectivity index (χ0) is 31.1. The molecule has 0 unspecified atom stereocenters. The van der Waals surface area contributed by atoms with Gasteiger partial charge in [0.2, 0.25) is 0 Å². The van der Waals surface area contributed by atoms with Crippen LogP contribution in [0.2, 0.25) is 0 Å². The lowest BCUT2D eigenvalue weighted by Gasteiger charge is -2.25. The number of ether oxygens (including phenoxy) is 5. The van der Waals surface area contributed by atoms with Crippen molar-refractivity contribution in [3.8, 4) is 23.0 Å². The van der Waals surface area contributed by atoms with Crippen molar-refractivity contribution < 1.29 is 33.3 Å². The fourth-order valence-corrected chi connectivity index (χ4v) is 5.83. The normalized spacial score (nSPS) is 14.6. The summed E-state index contributed by atoms with van der Waals surface area (Å²) in [6.07, 6.45) is 4.90. The Balaban J connectivity index is 1.83. The zero-order valence-electron chi connectivity index (χ0n) is 25.2. The molecule has 0 aliphatic carbocycles. The molecular formula is C32H36N2O8S. The van der Waals surface area contributed by atoms with E-state index in [0.717, 1.165) is 24.8 Å². The number of unbranched alkanes of at least 4 members (excludes halogenated alkanes) is 2. The van der Waals surface area contributed by atoms with Crippen molar-refractivity contribution in [2.45, 2.75) is 53.0 Å². The molecule has 10 nitrogen and oxygen atoms in total. The van der Waals surface area contributed by atoms with Gasteiger partial charge in [-0.05, 0) is 61.7 Å². The average molecular weight is 609 g/mol. The first-order chi connectivity index (χ1) is 20.7. The highest BCUT2D eigenvalue weighted by Crippen LogP contribution is 2.36. The van der Waals surface area contributed by atoms with Gasteiger partial charge in [0.25, 0.3) is 5.56 Å². The van der Waals surface area contributed by atoms with Crippen LogP contribution in [0.15, 0.2) is 57.5 Å². The molecular weight excluding hydrogens is 572 g/mol. The van der Waals surface area contributed by atoms with E-state index >= 15 is 0 Å². The van der Waals surface area contributed by atoms with Crippen molar-refractivity contribution >= 4 is 29.4 Å². The summed E-state index contributed by atoms with van der Waals surface area (Å²) in [4.78, 5) is 43.8. The first kappa shape index (κ1) is 31.6. The maximum atomic E-state index is 14.0. The Morgan fingerprint density at radius 3 is 2.40 bits per heavy atom. The van der Waals surface area contributed by atoms with Gasteiger partial charge in [-0.15, -0.1) is 0 Å². The Labute approximate surface area is 253 Å². The number of esters is 2. The van der Waals surface area contributed by atoms with Gasteiger partial charge in [0.05, 0.1) is 49.3 Å². The Hall–Kier alpha value is -4.38. The number of fused-ring (bicyclic) bond motifs is 1. The first-order valence-corrected chi connectivity index (χ1v) is 14.9. The lowest BCUT2D eigenvalue weighted by atomic mass is 9.95. The smallest absolute Gasteiger partial charge is 0.338 e. The molecule has 3 aromatic rings. The van der Waals surface area contributed by atoms with Crippen LogP contribution in [0.5, 0.6) is 23.0 Å². The van der Waals surface area contributed by atoms with Crippen LogP contribution < -0.4 is 33.8 Å². The molecule has 4 rings (SSSR count). The molecule has 0 fully saturated rings. The quantitative estimate of drug-likeness (QED) is 0.170. The molecule has 1 aromatic heterocycles. The first-order valence-electron chi connectivity index (χ1n) is 14.1. The standard InChI is InChI=1S/C32H36N2O8S/c1-7-9-10-15-41-23-13-11-21(16-25(23)38-5)17-27-30(36)34-29(22-12-14-24(42-20(4)35)26(18-22)39-6)28(31(37)40-8-2)19(3)33-32(34)43-27/h11-14,16-18,29H,7-10,15H2,1-6H3/b27-17+/t29-/m1/s1. The van der Waals surface area contributed by atoms with Gasteiger partial charge >= 0.3 is 11.9 Å². The van der Waals surface area contributed by atoms with Crippen LogP contribution in [0.25, 0.3) is 6.08 Å². The van der Waals surface area contributed by atoms with E-state index in [2.05, 4.69) is 11.9 Å². The van der Waals surface area contributed by atoms with E-state index < -0.39 is 18.0 Å². The maximum absolute atomic E-state index is 14.0. The van der Waals surface area contributed by atoms with Gasteiger partial charge in [-0.2, -0.15) is 0 Å². The fraction of sp³-hybridized carbons (Fsp3) is 0.375. The van der Waals surface area contributed by atoms with Crippen molar-refractivity contribution in [3.05, 3.63) is 78.5 Å². The van der Waals surface area contributed by atoms with Crippen LogP contribution in [-0.2, 0) is 14.3 Å². The number of nitrogens with zero attached hydrogens (tertiary/aromatic N) is 2. The van der Waals surface area contributed by atoms with E-state index in [-0.39, 0.29) is 29.2 Å². The number of benzene rings is 2. The molecule has 43 heavy (non-hydrogen) atoms. The number of allylic oxidation sites excluding steroid dienone is 1. The SMILES string of the molecule is CCCCCOc1ccc(/C=c2/sc3n(c2=O)[C@H](c2ccc(OC(C)=O)c(OC)c2)C(C(=O)OCC)=C(C)N=3)cc1OC. The van der Waals surface area contributed by atoms with Gasteiger partial charge in [-0.1, -0.05) is 43.2 Å². The minimum Gasteiger partial charge on any atom is -0.493 e. The van der Waals surface area contributed by atoms with E-state index in [1.54, 1.807) is 45.2 Å². The highest BCUT2D eigenvalue weighted by atomic mass is 32.1. The van der Waals surface area contributed by atoms with Gasteiger partial charge < -0.3 is 23.7 Å². The Morgan fingerprint density at radius 1 is 1.00 bits per heavy atom. The number of hydrogen-bond donors (Lipinski definition) is 0. The van der Waals surface area contributed by atoms with E-state index in [9.17, 15) is 14.4 Å². The second-order valence-electron chi connectivity index (χ2n) is 9.77. The molecule has 0 N–H and O–H groups in total. The molecule has 0 saturated carbocycles. The van der Waals surface area contributed by atoms with E-state index in [1.807, 2.05) is 18.2 Å². The van der Waals surface area contributed by atoms with Crippen LogP contribution in [0.3, 0.4) is 0 Å². The van der Waals surface area contributed by atoms with Crippen LogP contribution in [-0.4, -0.2) is 43.9 Å². The molecule has 2 heterocycles. The van der Waals surface area contributed by atoms with Crippen molar-refractivity contribution in [2.24, 2.45) is 4.99 Å².